The van der Waals surface area contributed by atoms with Gasteiger partial charge in [0.25, 0.3) is 5.91 Å². The van der Waals surface area contributed by atoms with Crippen molar-refractivity contribution in [2.24, 2.45) is 12.8 Å². The number of benzene rings is 1. The zero-order valence-electron chi connectivity index (χ0n) is 14.8. The molecule has 7 nitrogen and oxygen atoms in total. The third-order valence-corrected chi connectivity index (χ3v) is 5.23. The number of carbonyl (C=O) groups is 2. The standard InChI is InChI=1S/C19H23N5O2/c1-23-10-17(21-11-23)14-8-24(9-15(14)20)19(26)13-5-6-16-12(7-13)3-2-4-18(25)22-16/h5-7,10-11,14-15H,2-4,8-9,20H2,1H3,(H,22,25)/t14-,15-/m1/s1. The average molecular weight is 353 g/mol. The normalized spacial score (nSPS) is 22.7. The van der Waals surface area contributed by atoms with E-state index in [9.17, 15) is 9.59 Å². The zero-order chi connectivity index (χ0) is 18.3. The van der Waals surface area contributed by atoms with Crippen molar-refractivity contribution in [3.05, 3.63) is 47.5 Å². The quantitative estimate of drug-likeness (QED) is 0.850. The van der Waals surface area contributed by atoms with Crippen LogP contribution in [0, 0.1) is 0 Å². The molecule has 3 heterocycles. The largest absolute Gasteiger partial charge is 0.340 e. The summed E-state index contributed by atoms with van der Waals surface area (Å²) in [5, 5.41) is 2.90. The fraction of sp³-hybridized carbons (Fsp3) is 0.421. The van der Waals surface area contributed by atoms with Gasteiger partial charge in [0, 0.05) is 56.0 Å². The van der Waals surface area contributed by atoms with Crippen LogP contribution >= 0.6 is 0 Å². The lowest BCUT2D eigenvalue weighted by Gasteiger charge is -2.17. The molecule has 2 aromatic rings. The smallest absolute Gasteiger partial charge is 0.253 e. The van der Waals surface area contributed by atoms with Crippen molar-refractivity contribution < 1.29 is 9.59 Å². The van der Waals surface area contributed by atoms with Gasteiger partial charge in [-0.2, -0.15) is 0 Å². The summed E-state index contributed by atoms with van der Waals surface area (Å²) in [6.07, 6.45) is 5.83. The highest BCUT2D eigenvalue weighted by atomic mass is 16.2. The second-order valence-corrected chi connectivity index (χ2v) is 7.22. The third-order valence-electron chi connectivity index (χ3n) is 5.23. The van der Waals surface area contributed by atoms with Crippen molar-refractivity contribution in [3.8, 4) is 0 Å². The highest BCUT2D eigenvalue weighted by molar-refractivity contribution is 5.97. The number of hydrogen-bond donors (Lipinski definition) is 2. The van der Waals surface area contributed by atoms with Gasteiger partial charge in [0.15, 0.2) is 0 Å². The van der Waals surface area contributed by atoms with Gasteiger partial charge >= 0.3 is 0 Å². The van der Waals surface area contributed by atoms with E-state index in [0.29, 0.717) is 25.1 Å². The Balaban J connectivity index is 1.53. The molecular weight excluding hydrogens is 330 g/mol. The average Bonchev–Trinajstić information content (AvgIpc) is 3.15. The number of carbonyl (C=O) groups excluding carboxylic acids is 2. The predicted octanol–water partition coefficient (Wildman–Crippen LogP) is 1.26. The number of nitrogens with zero attached hydrogens (tertiary/aromatic N) is 3. The van der Waals surface area contributed by atoms with E-state index in [4.69, 9.17) is 5.73 Å². The zero-order valence-corrected chi connectivity index (χ0v) is 14.8. The molecule has 0 spiro atoms. The minimum atomic E-state index is -0.117. The summed E-state index contributed by atoms with van der Waals surface area (Å²) in [6.45, 7) is 1.10. The Morgan fingerprint density at radius 2 is 2.15 bits per heavy atom. The van der Waals surface area contributed by atoms with Crippen molar-refractivity contribution in [1.82, 2.24) is 14.5 Å². The first kappa shape index (κ1) is 16.8. The van der Waals surface area contributed by atoms with E-state index in [2.05, 4.69) is 10.3 Å². The molecule has 7 heteroatoms. The van der Waals surface area contributed by atoms with Crippen LogP contribution in [0.4, 0.5) is 5.69 Å². The van der Waals surface area contributed by atoms with Crippen molar-refractivity contribution in [2.75, 3.05) is 18.4 Å². The van der Waals surface area contributed by atoms with Crippen LogP contribution in [0.3, 0.4) is 0 Å². The van der Waals surface area contributed by atoms with E-state index in [-0.39, 0.29) is 23.8 Å². The Kier molecular flexibility index (Phi) is 4.24. The maximum absolute atomic E-state index is 13.0. The molecule has 1 fully saturated rings. The van der Waals surface area contributed by atoms with Gasteiger partial charge in [0.2, 0.25) is 5.91 Å². The number of aromatic nitrogens is 2. The summed E-state index contributed by atoms with van der Waals surface area (Å²) in [6, 6.07) is 5.40. The number of anilines is 1. The molecule has 26 heavy (non-hydrogen) atoms. The fourth-order valence-electron chi connectivity index (χ4n) is 3.82. The first-order chi connectivity index (χ1) is 12.5. The predicted molar refractivity (Wildman–Crippen MR) is 97.8 cm³/mol. The van der Waals surface area contributed by atoms with Crippen LogP contribution in [-0.2, 0) is 18.3 Å². The molecule has 1 saturated heterocycles. The van der Waals surface area contributed by atoms with Gasteiger partial charge in [-0.1, -0.05) is 0 Å². The molecule has 0 unspecified atom stereocenters. The number of fused-ring (bicyclic) bond motifs is 1. The van der Waals surface area contributed by atoms with E-state index in [1.165, 1.54) is 0 Å². The van der Waals surface area contributed by atoms with Crippen LogP contribution < -0.4 is 11.1 Å². The first-order valence-corrected chi connectivity index (χ1v) is 8.97. The molecule has 136 valence electrons. The molecule has 0 saturated carbocycles. The number of nitrogens with one attached hydrogen (secondary N) is 1. The van der Waals surface area contributed by atoms with Gasteiger partial charge in [-0.25, -0.2) is 4.98 Å². The molecule has 2 aliphatic rings. The van der Waals surface area contributed by atoms with Crippen LogP contribution in [0.25, 0.3) is 0 Å². The lowest BCUT2D eigenvalue weighted by Crippen LogP contribution is -2.32. The Morgan fingerprint density at radius 1 is 1.31 bits per heavy atom. The summed E-state index contributed by atoms with van der Waals surface area (Å²) < 4.78 is 1.90. The number of aryl methyl sites for hydroxylation is 2. The topological polar surface area (TPSA) is 93.2 Å². The van der Waals surface area contributed by atoms with Gasteiger partial charge in [0.05, 0.1) is 12.0 Å². The van der Waals surface area contributed by atoms with Crippen LogP contribution in [0.1, 0.15) is 40.4 Å². The number of amides is 2. The second-order valence-electron chi connectivity index (χ2n) is 7.22. The Morgan fingerprint density at radius 3 is 2.92 bits per heavy atom. The lowest BCUT2D eigenvalue weighted by atomic mass is 10.0. The minimum absolute atomic E-state index is 0.0164. The molecule has 4 rings (SSSR count). The molecule has 2 aliphatic heterocycles. The van der Waals surface area contributed by atoms with Gasteiger partial charge in [-0.05, 0) is 36.6 Å². The van der Waals surface area contributed by atoms with Gasteiger partial charge in [-0.3, -0.25) is 9.59 Å². The summed E-state index contributed by atoms with van der Waals surface area (Å²) in [7, 11) is 1.92. The van der Waals surface area contributed by atoms with Crippen molar-refractivity contribution in [1.29, 1.82) is 0 Å². The molecular formula is C19H23N5O2. The van der Waals surface area contributed by atoms with Crippen LogP contribution in [-0.4, -0.2) is 45.4 Å². The maximum Gasteiger partial charge on any atom is 0.253 e. The minimum Gasteiger partial charge on any atom is -0.340 e. The lowest BCUT2D eigenvalue weighted by molar-refractivity contribution is -0.116. The number of hydrogen-bond acceptors (Lipinski definition) is 4. The number of rotatable bonds is 2. The molecule has 2 amide bonds. The molecule has 1 aromatic carbocycles. The van der Waals surface area contributed by atoms with Crippen molar-refractivity contribution in [3.63, 3.8) is 0 Å². The first-order valence-electron chi connectivity index (χ1n) is 8.97. The monoisotopic (exact) mass is 353 g/mol. The third kappa shape index (κ3) is 3.10. The number of likely N-dealkylation sites (tertiary alicyclic amines) is 1. The van der Waals surface area contributed by atoms with Crippen LogP contribution in [0.2, 0.25) is 0 Å². The van der Waals surface area contributed by atoms with E-state index in [1.807, 2.05) is 29.9 Å². The Labute approximate surface area is 152 Å². The molecule has 3 N–H and O–H groups in total. The second kappa shape index (κ2) is 6.57. The summed E-state index contributed by atoms with van der Waals surface area (Å²) in [5.74, 6) is 0.0732. The van der Waals surface area contributed by atoms with Crippen LogP contribution in [0.5, 0.6) is 0 Å². The van der Waals surface area contributed by atoms with E-state index in [1.54, 1.807) is 17.3 Å². The molecule has 2 atom stereocenters. The summed E-state index contributed by atoms with van der Waals surface area (Å²) in [5.41, 5.74) is 9.69. The molecule has 0 radical (unpaired) electrons. The van der Waals surface area contributed by atoms with E-state index in [0.717, 1.165) is 29.8 Å². The van der Waals surface area contributed by atoms with Gasteiger partial charge in [-0.15, -0.1) is 0 Å². The SMILES string of the molecule is Cn1cnc([C@@H]2CN(C(=O)c3ccc4c(c3)CCCC(=O)N4)C[C@H]2N)c1. The molecule has 1 aromatic heterocycles. The van der Waals surface area contributed by atoms with E-state index < -0.39 is 0 Å². The molecule has 0 aliphatic carbocycles. The fourth-order valence-corrected chi connectivity index (χ4v) is 3.82. The van der Waals surface area contributed by atoms with Gasteiger partial charge < -0.3 is 20.5 Å². The van der Waals surface area contributed by atoms with Crippen molar-refractivity contribution >= 4 is 17.5 Å². The van der Waals surface area contributed by atoms with Gasteiger partial charge in [0.1, 0.15) is 0 Å². The Bertz CT molecular complexity index is 859. The summed E-state index contributed by atoms with van der Waals surface area (Å²) >= 11 is 0. The highest BCUT2D eigenvalue weighted by Gasteiger charge is 2.35. The summed E-state index contributed by atoms with van der Waals surface area (Å²) in [4.78, 5) is 30.8. The van der Waals surface area contributed by atoms with Crippen LogP contribution in [0.15, 0.2) is 30.7 Å². The Hall–Kier alpha value is -2.67. The number of nitrogens with two attached hydrogens (primary N) is 1. The maximum atomic E-state index is 13.0. The highest BCUT2D eigenvalue weighted by Crippen LogP contribution is 2.28. The van der Waals surface area contributed by atoms with E-state index >= 15 is 0 Å². The van der Waals surface area contributed by atoms with Crippen molar-refractivity contribution in [2.45, 2.75) is 31.2 Å². The number of imidazole rings is 1. The molecule has 0 bridgehead atoms.